The Bertz CT molecular complexity index is 321. The number of rotatable bonds is 2. The third-order valence-corrected chi connectivity index (χ3v) is 3.01. The van der Waals surface area contributed by atoms with E-state index in [-0.39, 0.29) is 0 Å². The van der Waals surface area contributed by atoms with E-state index in [1.807, 2.05) is 0 Å². The molecule has 4 nitrogen and oxygen atoms in total. The van der Waals surface area contributed by atoms with Gasteiger partial charge < -0.3 is 9.64 Å². The van der Waals surface area contributed by atoms with E-state index in [1.165, 1.54) is 0 Å². The maximum atomic E-state index is 5.03. The summed E-state index contributed by atoms with van der Waals surface area (Å²) in [4.78, 5) is 11.2. The summed E-state index contributed by atoms with van der Waals surface area (Å²) in [6, 6.07) is 0. The van der Waals surface area contributed by atoms with Crippen LogP contribution in [0.15, 0.2) is 12.4 Å². The highest BCUT2D eigenvalue weighted by Gasteiger charge is 2.21. The number of aromatic nitrogens is 2. The first-order chi connectivity index (χ1) is 6.79. The molecule has 14 heavy (non-hydrogen) atoms. The van der Waals surface area contributed by atoms with Crippen molar-refractivity contribution in [2.75, 3.05) is 25.1 Å². The van der Waals surface area contributed by atoms with Crippen molar-refractivity contribution in [2.45, 2.75) is 11.2 Å². The molecule has 1 aliphatic heterocycles. The molecular weight excluding hydrogens is 246 g/mol. The Morgan fingerprint density at radius 3 is 3.07 bits per heavy atom. The van der Waals surface area contributed by atoms with Crippen LogP contribution in [0.5, 0.6) is 5.88 Å². The predicted molar refractivity (Wildman–Crippen MR) is 58.1 cm³/mol. The fourth-order valence-electron chi connectivity index (χ4n) is 1.51. The van der Waals surface area contributed by atoms with Gasteiger partial charge >= 0.3 is 0 Å². The summed E-state index contributed by atoms with van der Waals surface area (Å²) in [6.45, 7) is 2.01. The van der Waals surface area contributed by atoms with Crippen LogP contribution in [0.3, 0.4) is 0 Å². The molecule has 2 heterocycles. The van der Waals surface area contributed by atoms with Crippen LogP contribution in [-0.4, -0.2) is 35.0 Å². The molecule has 0 amide bonds. The number of methoxy groups -OCH3 is 1. The zero-order valence-electron chi connectivity index (χ0n) is 7.98. The first-order valence-corrected chi connectivity index (χ1v) is 5.46. The number of hydrogen-bond donors (Lipinski definition) is 0. The summed E-state index contributed by atoms with van der Waals surface area (Å²) >= 11 is 3.59. The van der Waals surface area contributed by atoms with Gasteiger partial charge in [0.25, 0.3) is 0 Å². The van der Waals surface area contributed by atoms with Gasteiger partial charge in [-0.3, -0.25) is 4.98 Å². The molecule has 0 radical (unpaired) electrons. The second-order valence-electron chi connectivity index (χ2n) is 3.25. The molecule has 0 saturated carbocycles. The first-order valence-electron chi connectivity index (χ1n) is 4.54. The van der Waals surface area contributed by atoms with Crippen LogP contribution in [0.1, 0.15) is 6.42 Å². The lowest BCUT2D eigenvalue weighted by molar-refractivity contribution is 0.395. The highest BCUT2D eigenvalue weighted by atomic mass is 79.9. The monoisotopic (exact) mass is 257 g/mol. The minimum atomic E-state index is 0.565. The molecule has 1 fully saturated rings. The molecule has 76 valence electrons. The van der Waals surface area contributed by atoms with Gasteiger partial charge in [-0.1, -0.05) is 15.9 Å². The minimum absolute atomic E-state index is 0.565. The number of anilines is 1. The van der Waals surface area contributed by atoms with Gasteiger partial charge in [-0.25, -0.2) is 0 Å². The summed E-state index contributed by atoms with van der Waals surface area (Å²) < 4.78 is 5.03. The second kappa shape index (κ2) is 4.13. The van der Waals surface area contributed by atoms with Gasteiger partial charge in [0, 0.05) is 17.9 Å². The highest BCUT2D eigenvalue weighted by Crippen LogP contribution is 2.22. The fourth-order valence-corrected chi connectivity index (χ4v) is 2.07. The van der Waals surface area contributed by atoms with Crippen molar-refractivity contribution < 1.29 is 4.74 Å². The van der Waals surface area contributed by atoms with E-state index < -0.39 is 0 Å². The van der Waals surface area contributed by atoms with E-state index in [9.17, 15) is 0 Å². The molecule has 0 bridgehead atoms. The molecule has 0 aromatic carbocycles. The summed E-state index contributed by atoms with van der Waals surface area (Å²) in [5.41, 5.74) is 0. The molecule has 1 aromatic rings. The van der Waals surface area contributed by atoms with Crippen molar-refractivity contribution in [1.29, 1.82) is 0 Å². The summed E-state index contributed by atoms with van der Waals surface area (Å²) in [7, 11) is 1.60. The Morgan fingerprint density at radius 1 is 1.57 bits per heavy atom. The standard InChI is InChI=1S/C9H12BrN3O/c1-14-9-5-11-4-8(12-9)13-3-2-7(10)6-13/h4-5,7H,2-3,6H2,1H3. The first kappa shape index (κ1) is 9.71. The largest absolute Gasteiger partial charge is 0.480 e. The van der Waals surface area contributed by atoms with Crippen molar-refractivity contribution >= 4 is 21.7 Å². The molecule has 1 unspecified atom stereocenters. The van der Waals surface area contributed by atoms with E-state index in [0.29, 0.717) is 10.7 Å². The zero-order valence-corrected chi connectivity index (χ0v) is 9.57. The number of hydrogen-bond acceptors (Lipinski definition) is 4. The summed E-state index contributed by atoms with van der Waals surface area (Å²) in [5, 5.41) is 0. The summed E-state index contributed by atoms with van der Waals surface area (Å²) in [6.07, 6.45) is 4.54. The Kier molecular flexibility index (Phi) is 2.86. The smallest absolute Gasteiger partial charge is 0.233 e. The number of alkyl halides is 1. The fraction of sp³-hybridized carbons (Fsp3) is 0.556. The molecule has 0 aliphatic carbocycles. The number of halogens is 1. The third kappa shape index (κ3) is 1.97. The molecule has 2 rings (SSSR count). The number of nitrogens with zero attached hydrogens (tertiary/aromatic N) is 3. The van der Waals surface area contributed by atoms with Gasteiger partial charge in [0.15, 0.2) is 5.82 Å². The lowest BCUT2D eigenvalue weighted by Crippen LogP contribution is -2.21. The molecule has 5 heteroatoms. The van der Waals surface area contributed by atoms with Crippen molar-refractivity contribution in [3.05, 3.63) is 12.4 Å². The molecule has 0 spiro atoms. The van der Waals surface area contributed by atoms with Gasteiger partial charge in [0.1, 0.15) is 0 Å². The Labute approximate surface area is 91.4 Å². The van der Waals surface area contributed by atoms with Gasteiger partial charge in [-0.15, -0.1) is 0 Å². The molecule has 1 aliphatic rings. The maximum Gasteiger partial charge on any atom is 0.233 e. The molecule has 1 saturated heterocycles. The van der Waals surface area contributed by atoms with Gasteiger partial charge in [-0.05, 0) is 6.42 Å². The third-order valence-electron chi connectivity index (χ3n) is 2.26. The SMILES string of the molecule is COc1cncc(N2CCC(Br)C2)n1. The van der Waals surface area contributed by atoms with Crippen molar-refractivity contribution in [2.24, 2.45) is 0 Å². The lowest BCUT2D eigenvalue weighted by atomic mass is 10.4. The molecular formula is C9H12BrN3O. The molecule has 0 N–H and O–H groups in total. The summed E-state index contributed by atoms with van der Waals surface area (Å²) in [5.74, 6) is 1.46. The number of ether oxygens (including phenoxy) is 1. The van der Waals surface area contributed by atoms with Crippen LogP contribution in [0.2, 0.25) is 0 Å². The quantitative estimate of drug-likeness (QED) is 0.753. The Hall–Kier alpha value is -0.840. The average molecular weight is 258 g/mol. The minimum Gasteiger partial charge on any atom is -0.480 e. The zero-order chi connectivity index (χ0) is 9.97. The van der Waals surface area contributed by atoms with E-state index in [2.05, 4.69) is 30.8 Å². The van der Waals surface area contributed by atoms with E-state index >= 15 is 0 Å². The topological polar surface area (TPSA) is 38.2 Å². The Balaban J connectivity index is 2.15. The van der Waals surface area contributed by atoms with Crippen LogP contribution in [0, 0.1) is 0 Å². The van der Waals surface area contributed by atoms with E-state index in [0.717, 1.165) is 25.3 Å². The van der Waals surface area contributed by atoms with Crippen LogP contribution >= 0.6 is 15.9 Å². The van der Waals surface area contributed by atoms with Crippen LogP contribution in [-0.2, 0) is 0 Å². The van der Waals surface area contributed by atoms with Crippen LogP contribution < -0.4 is 9.64 Å². The lowest BCUT2D eigenvalue weighted by Gasteiger charge is -2.16. The van der Waals surface area contributed by atoms with Crippen molar-refractivity contribution in [3.8, 4) is 5.88 Å². The van der Waals surface area contributed by atoms with Crippen LogP contribution in [0.25, 0.3) is 0 Å². The van der Waals surface area contributed by atoms with E-state index in [1.54, 1.807) is 19.5 Å². The van der Waals surface area contributed by atoms with E-state index in [4.69, 9.17) is 4.74 Å². The molecule has 1 atom stereocenters. The normalized spacial score (nSPS) is 21.3. The van der Waals surface area contributed by atoms with Crippen molar-refractivity contribution in [3.63, 3.8) is 0 Å². The average Bonchev–Trinajstić information content (AvgIpc) is 2.65. The van der Waals surface area contributed by atoms with Crippen LogP contribution in [0.4, 0.5) is 5.82 Å². The second-order valence-corrected chi connectivity index (χ2v) is 4.55. The van der Waals surface area contributed by atoms with Gasteiger partial charge in [-0.2, -0.15) is 4.98 Å². The molecule has 1 aromatic heterocycles. The Morgan fingerprint density at radius 2 is 2.43 bits per heavy atom. The maximum absolute atomic E-state index is 5.03. The van der Waals surface area contributed by atoms with Crippen molar-refractivity contribution in [1.82, 2.24) is 9.97 Å². The van der Waals surface area contributed by atoms with Gasteiger partial charge in [0.05, 0.1) is 19.5 Å². The highest BCUT2D eigenvalue weighted by molar-refractivity contribution is 9.09. The van der Waals surface area contributed by atoms with Gasteiger partial charge in [0.2, 0.25) is 5.88 Å². The predicted octanol–water partition coefficient (Wildman–Crippen LogP) is 1.46.